The fourth-order valence-electron chi connectivity index (χ4n) is 5.86. The minimum atomic E-state index is -2.63. The fraction of sp³-hybridized carbons (Fsp3) is 0.462. The molecule has 0 amide bonds. The van der Waals surface area contributed by atoms with E-state index in [0.29, 0.717) is 13.2 Å². The summed E-state index contributed by atoms with van der Waals surface area (Å²) in [5.41, 5.74) is -0.135. The molecule has 31 heavy (non-hydrogen) atoms. The van der Waals surface area contributed by atoms with E-state index < -0.39 is 14.4 Å². The Kier molecular flexibility index (Phi) is 6.21. The summed E-state index contributed by atoms with van der Waals surface area (Å²) in [6.45, 7) is 9.12. The van der Waals surface area contributed by atoms with E-state index in [2.05, 4.69) is 74.2 Å². The zero-order chi connectivity index (χ0) is 22.1. The molecule has 0 spiro atoms. The van der Waals surface area contributed by atoms with Gasteiger partial charge in [0.2, 0.25) is 0 Å². The molecule has 2 fully saturated rings. The van der Waals surface area contributed by atoms with Gasteiger partial charge in [0, 0.05) is 12.1 Å². The molecule has 2 nitrogen and oxygen atoms in total. The Morgan fingerprint density at radius 1 is 1.06 bits per heavy atom. The van der Waals surface area contributed by atoms with E-state index in [1.165, 1.54) is 10.4 Å². The maximum absolute atomic E-state index is 13.0. The molecule has 4 rings (SSSR count). The summed E-state index contributed by atoms with van der Waals surface area (Å²) in [4.78, 5) is 2.41. The Morgan fingerprint density at radius 2 is 1.65 bits per heavy atom. The van der Waals surface area contributed by atoms with Crippen LogP contribution in [0.15, 0.2) is 72.8 Å². The molecule has 0 radical (unpaired) electrons. The van der Waals surface area contributed by atoms with E-state index in [9.17, 15) is 8.78 Å². The lowest BCUT2D eigenvalue weighted by atomic mass is 9.91. The highest BCUT2D eigenvalue weighted by Crippen LogP contribution is 2.45. The number of fused-ring (bicyclic) bond motifs is 1. The van der Waals surface area contributed by atoms with Crippen molar-refractivity contribution in [2.24, 2.45) is 5.92 Å². The molecule has 2 aliphatic heterocycles. The van der Waals surface area contributed by atoms with Crippen LogP contribution in [0.25, 0.3) is 0 Å². The average Bonchev–Trinajstić information content (AvgIpc) is 3.25. The lowest BCUT2D eigenvalue weighted by Gasteiger charge is -2.45. The highest BCUT2D eigenvalue weighted by molar-refractivity contribution is 6.99. The fourth-order valence-corrected chi connectivity index (χ4v) is 10.5. The van der Waals surface area contributed by atoms with Crippen LogP contribution in [0, 0.1) is 5.92 Å². The van der Waals surface area contributed by atoms with Gasteiger partial charge in [0.1, 0.15) is 0 Å². The summed E-state index contributed by atoms with van der Waals surface area (Å²) in [7, 11) is -2.63. The number of hydrogen-bond acceptors (Lipinski definition) is 2. The van der Waals surface area contributed by atoms with Crippen molar-refractivity contribution in [3.63, 3.8) is 0 Å². The highest BCUT2D eigenvalue weighted by atomic mass is 28.4. The number of rotatable bonds is 6. The Labute approximate surface area is 186 Å². The Hall–Kier alpha value is -1.82. The summed E-state index contributed by atoms with van der Waals surface area (Å²) in [5, 5.41) is 2.44. The first-order valence-electron chi connectivity index (χ1n) is 11.3. The standard InChI is InChI=1S/C26H33F2NOSi/c1-25(2,3)31(22-11-6-4-7-12-22,23-13-8-5-9-14-23)30-20-26-15-10-16-29(26)19-21(18-26)17-24(27)28/h4-9,11-14,17,21H,10,15-16,18-20H2,1-3H3. The van der Waals surface area contributed by atoms with Crippen LogP contribution in [-0.2, 0) is 4.43 Å². The first kappa shape index (κ1) is 22.4. The van der Waals surface area contributed by atoms with Crippen LogP contribution in [0.2, 0.25) is 5.04 Å². The predicted octanol–water partition coefficient (Wildman–Crippen LogP) is 5.20. The van der Waals surface area contributed by atoms with Gasteiger partial charge in [-0.1, -0.05) is 81.4 Å². The van der Waals surface area contributed by atoms with Crippen molar-refractivity contribution in [1.82, 2.24) is 4.90 Å². The summed E-state index contributed by atoms with van der Waals surface area (Å²) in [5.74, 6) is -0.0898. The second kappa shape index (κ2) is 8.61. The lowest BCUT2D eigenvalue weighted by molar-refractivity contribution is 0.108. The zero-order valence-corrected chi connectivity index (χ0v) is 19.8. The van der Waals surface area contributed by atoms with Crippen LogP contribution in [0.5, 0.6) is 0 Å². The van der Waals surface area contributed by atoms with Crippen molar-refractivity contribution in [2.75, 3.05) is 19.7 Å². The first-order chi connectivity index (χ1) is 14.8. The average molecular weight is 442 g/mol. The van der Waals surface area contributed by atoms with E-state index in [-0.39, 0.29) is 16.5 Å². The van der Waals surface area contributed by atoms with Crippen LogP contribution in [0.1, 0.15) is 40.0 Å². The molecule has 0 aromatic heterocycles. The molecule has 0 saturated carbocycles. The second-order valence-electron chi connectivity index (χ2n) is 10.1. The van der Waals surface area contributed by atoms with E-state index >= 15 is 0 Å². The maximum atomic E-state index is 13.0. The normalized spacial score (nSPS) is 24.2. The molecule has 2 saturated heterocycles. The van der Waals surface area contributed by atoms with E-state index in [1.54, 1.807) is 0 Å². The van der Waals surface area contributed by atoms with Crippen molar-refractivity contribution in [3.8, 4) is 0 Å². The lowest BCUT2D eigenvalue weighted by Crippen LogP contribution is -2.68. The third-order valence-corrected chi connectivity index (χ3v) is 12.2. The van der Waals surface area contributed by atoms with Gasteiger partial charge >= 0.3 is 0 Å². The minimum absolute atomic E-state index is 0.0846. The molecule has 2 aliphatic rings. The second-order valence-corrected chi connectivity index (χ2v) is 14.5. The van der Waals surface area contributed by atoms with E-state index in [0.717, 1.165) is 31.9 Å². The van der Waals surface area contributed by atoms with Gasteiger partial charge < -0.3 is 4.43 Å². The molecular formula is C26H33F2NOSi. The van der Waals surface area contributed by atoms with Gasteiger partial charge in [-0.3, -0.25) is 4.90 Å². The molecule has 0 N–H and O–H groups in total. The van der Waals surface area contributed by atoms with Crippen LogP contribution in [0.3, 0.4) is 0 Å². The van der Waals surface area contributed by atoms with Crippen LogP contribution >= 0.6 is 0 Å². The van der Waals surface area contributed by atoms with Gasteiger partial charge in [-0.15, -0.1) is 0 Å². The van der Waals surface area contributed by atoms with E-state index in [4.69, 9.17) is 4.43 Å². The van der Waals surface area contributed by atoms with Crippen molar-refractivity contribution in [3.05, 3.63) is 72.8 Å². The molecule has 2 heterocycles. The largest absolute Gasteiger partial charge is 0.406 e. The molecule has 2 aromatic carbocycles. The first-order valence-corrected chi connectivity index (χ1v) is 13.2. The molecule has 2 aromatic rings. The maximum Gasteiger partial charge on any atom is 0.266 e. The number of benzene rings is 2. The molecular weight excluding hydrogens is 408 g/mol. The summed E-state index contributed by atoms with van der Waals surface area (Å²) >= 11 is 0. The minimum Gasteiger partial charge on any atom is -0.406 e. The van der Waals surface area contributed by atoms with Crippen molar-refractivity contribution in [2.45, 2.75) is 50.6 Å². The Bertz CT molecular complexity index is 869. The number of nitrogens with zero attached hydrogens (tertiary/aromatic N) is 1. The van der Waals surface area contributed by atoms with Crippen LogP contribution in [0.4, 0.5) is 8.78 Å². The van der Waals surface area contributed by atoms with Gasteiger partial charge in [0.25, 0.3) is 14.4 Å². The molecule has 0 bridgehead atoms. The van der Waals surface area contributed by atoms with Crippen molar-refractivity contribution in [1.29, 1.82) is 0 Å². The Morgan fingerprint density at radius 3 is 2.16 bits per heavy atom. The predicted molar refractivity (Wildman–Crippen MR) is 126 cm³/mol. The molecule has 0 aliphatic carbocycles. The molecule has 2 atom stereocenters. The third-order valence-electron chi connectivity index (χ3n) is 7.17. The molecule has 5 heteroatoms. The summed E-state index contributed by atoms with van der Waals surface area (Å²) in [6, 6.07) is 21.3. The van der Waals surface area contributed by atoms with Crippen LogP contribution < -0.4 is 10.4 Å². The number of hydrogen-bond donors (Lipinski definition) is 0. The van der Waals surface area contributed by atoms with Gasteiger partial charge in [-0.2, -0.15) is 8.78 Å². The van der Waals surface area contributed by atoms with Gasteiger partial charge in [-0.25, -0.2) is 0 Å². The molecule has 2 unspecified atom stereocenters. The Balaban J connectivity index is 1.73. The van der Waals surface area contributed by atoms with Crippen molar-refractivity contribution < 1.29 is 13.2 Å². The quantitative estimate of drug-likeness (QED) is 0.572. The SMILES string of the molecule is CC(C)(C)[Si](OCC12CCCN1CC(C=C(F)F)C2)(c1ccccc1)c1ccccc1. The van der Waals surface area contributed by atoms with Gasteiger partial charge in [-0.05, 0) is 53.2 Å². The van der Waals surface area contributed by atoms with E-state index in [1.807, 2.05) is 12.1 Å². The number of halogens is 2. The highest BCUT2D eigenvalue weighted by Gasteiger charge is 2.54. The van der Waals surface area contributed by atoms with Gasteiger partial charge in [0.05, 0.1) is 6.61 Å². The van der Waals surface area contributed by atoms with Crippen molar-refractivity contribution >= 4 is 18.7 Å². The van der Waals surface area contributed by atoms with Crippen LogP contribution in [-0.4, -0.2) is 38.5 Å². The summed E-state index contributed by atoms with van der Waals surface area (Å²) < 4.78 is 33.2. The monoisotopic (exact) mass is 441 g/mol. The van der Waals surface area contributed by atoms with Gasteiger partial charge in [0.15, 0.2) is 0 Å². The topological polar surface area (TPSA) is 12.5 Å². The third kappa shape index (κ3) is 4.15. The smallest absolute Gasteiger partial charge is 0.266 e. The molecule has 166 valence electrons. The summed E-state index contributed by atoms with van der Waals surface area (Å²) in [6.07, 6.45) is 2.47. The zero-order valence-electron chi connectivity index (χ0n) is 18.8.